The molecule has 3 N–H and O–H groups in total. The van der Waals surface area contributed by atoms with Crippen molar-refractivity contribution in [2.45, 2.75) is 76.9 Å². The molecule has 1 unspecified atom stereocenters. The third-order valence-corrected chi connectivity index (χ3v) is 7.44. The lowest BCUT2D eigenvalue weighted by Crippen LogP contribution is -2.57. The summed E-state index contributed by atoms with van der Waals surface area (Å²) in [6.07, 6.45) is 7.39. The normalized spacial score (nSPS) is 26.6. The van der Waals surface area contributed by atoms with Crippen LogP contribution in [0.4, 0.5) is 5.69 Å². The van der Waals surface area contributed by atoms with E-state index in [1.807, 2.05) is 17.0 Å². The SMILES string of the molecule is CCCCOc1cccc(N2CCN(C(=O)[C@@H]3CCCC[C@H]3C(=O)NC3(N)CC3)C(C)C2)c1. The van der Waals surface area contributed by atoms with E-state index in [4.69, 9.17) is 10.5 Å². The number of nitrogens with zero attached hydrogens (tertiary/aromatic N) is 2. The van der Waals surface area contributed by atoms with Gasteiger partial charge in [0.2, 0.25) is 11.8 Å². The molecule has 7 nitrogen and oxygen atoms in total. The number of nitrogens with one attached hydrogen (secondary N) is 1. The highest BCUT2D eigenvalue weighted by molar-refractivity contribution is 5.88. The van der Waals surface area contributed by atoms with Gasteiger partial charge in [-0.15, -0.1) is 0 Å². The molecule has 0 radical (unpaired) electrons. The first-order valence-corrected chi connectivity index (χ1v) is 12.8. The summed E-state index contributed by atoms with van der Waals surface area (Å²) in [5.74, 6) is 0.524. The number of hydrogen-bond donors (Lipinski definition) is 2. The third-order valence-electron chi connectivity index (χ3n) is 7.44. The topological polar surface area (TPSA) is 87.9 Å². The van der Waals surface area contributed by atoms with Gasteiger partial charge in [-0.25, -0.2) is 0 Å². The first-order chi connectivity index (χ1) is 15.9. The highest BCUT2D eigenvalue weighted by Gasteiger charge is 2.45. The van der Waals surface area contributed by atoms with Gasteiger partial charge in [-0.05, 0) is 51.2 Å². The van der Waals surface area contributed by atoms with Crippen LogP contribution in [-0.4, -0.2) is 54.7 Å². The van der Waals surface area contributed by atoms with Crippen molar-refractivity contribution < 1.29 is 14.3 Å². The van der Waals surface area contributed by atoms with Crippen molar-refractivity contribution in [3.63, 3.8) is 0 Å². The summed E-state index contributed by atoms with van der Waals surface area (Å²) in [5, 5.41) is 3.00. The molecular formula is C26H40N4O3. The highest BCUT2D eigenvalue weighted by Crippen LogP contribution is 2.35. The van der Waals surface area contributed by atoms with Crippen molar-refractivity contribution in [1.82, 2.24) is 10.2 Å². The van der Waals surface area contributed by atoms with Gasteiger partial charge in [0.25, 0.3) is 0 Å². The number of ether oxygens (including phenoxy) is 1. The molecule has 1 heterocycles. The molecule has 1 aliphatic heterocycles. The zero-order chi connectivity index (χ0) is 23.4. The summed E-state index contributed by atoms with van der Waals surface area (Å²) in [7, 11) is 0. The second-order valence-corrected chi connectivity index (χ2v) is 10.2. The van der Waals surface area contributed by atoms with Gasteiger partial charge in [-0.1, -0.05) is 32.3 Å². The third kappa shape index (κ3) is 5.81. The van der Waals surface area contributed by atoms with Crippen LogP contribution in [0, 0.1) is 11.8 Å². The molecule has 2 aliphatic carbocycles. The molecule has 1 aromatic carbocycles. The number of carbonyl (C=O) groups is 2. The fourth-order valence-corrected chi connectivity index (χ4v) is 5.17. The van der Waals surface area contributed by atoms with Crippen LogP contribution in [-0.2, 0) is 9.59 Å². The van der Waals surface area contributed by atoms with Crippen molar-refractivity contribution in [3.05, 3.63) is 24.3 Å². The molecule has 33 heavy (non-hydrogen) atoms. The van der Waals surface area contributed by atoms with Gasteiger partial charge in [0, 0.05) is 49.3 Å². The van der Waals surface area contributed by atoms with Crippen molar-refractivity contribution in [1.29, 1.82) is 0 Å². The summed E-state index contributed by atoms with van der Waals surface area (Å²) in [5.41, 5.74) is 6.72. The van der Waals surface area contributed by atoms with Crippen LogP contribution < -0.4 is 20.7 Å². The Morgan fingerprint density at radius 3 is 2.64 bits per heavy atom. The zero-order valence-corrected chi connectivity index (χ0v) is 20.2. The Kier molecular flexibility index (Phi) is 7.47. The minimum absolute atomic E-state index is 0.0285. The van der Waals surface area contributed by atoms with Gasteiger partial charge in [0.05, 0.1) is 12.3 Å². The van der Waals surface area contributed by atoms with Gasteiger partial charge in [-0.3, -0.25) is 9.59 Å². The minimum Gasteiger partial charge on any atom is -0.494 e. The molecule has 0 spiro atoms. The number of hydrogen-bond acceptors (Lipinski definition) is 5. The molecule has 3 aliphatic rings. The van der Waals surface area contributed by atoms with Gasteiger partial charge >= 0.3 is 0 Å². The van der Waals surface area contributed by atoms with Crippen molar-refractivity contribution >= 4 is 17.5 Å². The number of piperazine rings is 1. The molecule has 1 aromatic rings. The number of anilines is 1. The van der Waals surface area contributed by atoms with Crippen molar-refractivity contribution in [2.75, 3.05) is 31.1 Å². The van der Waals surface area contributed by atoms with Crippen LogP contribution in [0.5, 0.6) is 5.75 Å². The quantitative estimate of drug-likeness (QED) is 0.463. The van der Waals surface area contributed by atoms with E-state index in [0.29, 0.717) is 6.54 Å². The molecule has 0 aromatic heterocycles. The lowest BCUT2D eigenvalue weighted by Gasteiger charge is -2.43. The summed E-state index contributed by atoms with van der Waals surface area (Å²) in [6, 6.07) is 8.34. The van der Waals surface area contributed by atoms with E-state index in [2.05, 4.69) is 36.2 Å². The second kappa shape index (κ2) is 10.3. The van der Waals surface area contributed by atoms with Crippen LogP contribution in [0.2, 0.25) is 0 Å². The van der Waals surface area contributed by atoms with Crippen LogP contribution in [0.15, 0.2) is 24.3 Å². The van der Waals surface area contributed by atoms with Crippen LogP contribution in [0.3, 0.4) is 0 Å². The predicted molar refractivity (Wildman–Crippen MR) is 130 cm³/mol. The molecule has 2 saturated carbocycles. The summed E-state index contributed by atoms with van der Waals surface area (Å²) >= 11 is 0. The first-order valence-electron chi connectivity index (χ1n) is 12.8. The number of rotatable bonds is 8. The van der Waals surface area contributed by atoms with Crippen molar-refractivity contribution in [2.24, 2.45) is 17.6 Å². The average Bonchev–Trinajstić information content (AvgIpc) is 3.55. The Labute approximate surface area is 198 Å². The Morgan fingerprint density at radius 2 is 1.94 bits per heavy atom. The maximum atomic E-state index is 13.6. The number of amides is 2. The van der Waals surface area contributed by atoms with E-state index in [1.54, 1.807) is 0 Å². The minimum atomic E-state index is -0.532. The Bertz CT molecular complexity index is 841. The number of benzene rings is 1. The van der Waals surface area contributed by atoms with E-state index in [-0.39, 0.29) is 29.7 Å². The largest absolute Gasteiger partial charge is 0.494 e. The van der Waals surface area contributed by atoms with Gasteiger partial charge in [-0.2, -0.15) is 0 Å². The lowest BCUT2D eigenvalue weighted by molar-refractivity contribution is -0.146. The van der Waals surface area contributed by atoms with Gasteiger partial charge in [0.15, 0.2) is 0 Å². The fraction of sp³-hybridized carbons (Fsp3) is 0.692. The van der Waals surface area contributed by atoms with E-state index in [0.717, 1.165) is 82.5 Å². The fourth-order valence-electron chi connectivity index (χ4n) is 5.17. The van der Waals surface area contributed by atoms with E-state index in [9.17, 15) is 9.59 Å². The molecule has 182 valence electrons. The first kappa shape index (κ1) is 23.9. The second-order valence-electron chi connectivity index (χ2n) is 10.2. The van der Waals surface area contributed by atoms with Crippen LogP contribution in [0.1, 0.15) is 65.2 Å². The number of carbonyl (C=O) groups excluding carboxylic acids is 2. The maximum absolute atomic E-state index is 13.6. The molecule has 1 saturated heterocycles. The van der Waals surface area contributed by atoms with Crippen LogP contribution >= 0.6 is 0 Å². The Morgan fingerprint density at radius 1 is 1.18 bits per heavy atom. The Balaban J connectivity index is 1.37. The number of unbranched alkanes of at least 4 members (excludes halogenated alkanes) is 1. The van der Waals surface area contributed by atoms with E-state index >= 15 is 0 Å². The molecule has 7 heteroatoms. The summed E-state index contributed by atoms with van der Waals surface area (Å²) < 4.78 is 5.88. The molecule has 4 rings (SSSR count). The van der Waals surface area contributed by atoms with Crippen molar-refractivity contribution in [3.8, 4) is 5.75 Å². The predicted octanol–water partition coefficient (Wildman–Crippen LogP) is 3.27. The zero-order valence-electron chi connectivity index (χ0n) is 20.2. The molecule has 3 fully saturated rings. The van der Waals surface area contributed by atoms with Gasteiger partial charge in [0.1, 0.15) is 5.75 Å². The molecule has 3 atom stereocenters. The smallest absolute Gasteiger partial charge is 0.226 e. The monoisotopic (exact) mass is 456 g/mol. The molecular weight excluding hydrogens is 416 g/mol. The standard InChI is InChI=1S/C26H40N4O3/c1-3-4-16-33-21-9-7-8-20(17-21)29-14-15-30(19(2)18-29)25(32)23-11-6-5-10-22(23)24(31)28-26(27)12-13-26/h7-9,17,19,22-23H,3-6,10-16,18,27H2,1-2H3,(H,28,31)/t19?,22-,23-/m1/s1. The van der Waals surface area contributed by atoms with E-state index in [1.165, 1.54) is 0 Å². The van der Waals surface area contributed by atoms with Gasteiger partial charge < -0.3 is 25.6 Å². The highest BCUT2D eigenvalue weighted by atomic mass is 16.5. The molecule has 0 bridgehead atoms. The average molecular weight is 457 g/mol. The van der Waals surface area contributed by atoms with Crippen LogP contribution in [0.25, 0.3) is 0 Å². The lowest BCUT2D eigenvalue weighted by atomic mass is 9.77. The summed E-state index contributed by atoms with van der Waals surface area (Å²) in [6.45, 7) is 7.24. The molecule has 2 amide bonds. The maximum Gasteiger partial charge on any atom is 0.226 e. The summed E-state index contributed by atoms with van der Waals surface area (Å²) in [4.78, 5) is 30.8. The number of nitrogens with two attached hydrogens (primary N) is 1. The Hall–Kier alpha value is -2.28. The van der Waals surface area contributed by atoms with E-state index < -0.39 is 5.66 Å².